The Labute approximate surface area is 236 Å². The van der Waals surface area contributed by atoms with Crippen LogP contribution in [0.15, 0.2) is 53.6 Å². The number of carbonyl (C=O) groups excluding carboxylic acids is 3. The standard InChI is InChI=1S/C29H30ClN3O5S/c1-4-37-29(36)25-22-14-9-17(2)15-24(22)39-28(25)32-27(35)19-10-12-21(13-11-19)38-18(3)26(34)33-31-16-20-7-5-6-8-23(20)30/h5-8,10-13,16-18H,4,9,14-15H2,1-3H3,(H,32,35)(H,33,34)/b31-16-/t17-,18+/m0/s1. The quantitative estimate of drug-likeness (QED) is 0.191. The summed E-state index contributed by atoms with van der Waals surface area (Å²) in [5.74, 6) is -0.258. The normalized spacial score (nSPS) is 15.3. The van der Waals surface area contributed by atoms with Crippen LogP contribution in [-0.2, 0) is 22.4 Å². The van der Waals surface area contributed by atoms with Gasteiger partial charge < -0.3 is 14.8 Å². The maximum absolute atomic E-state index is 13.0. The summed E-state index contributed by atoms with van der Waals surface area (Å²) in [4.78, 5) is 39.2. The molecule has 204 valence electrons. The van der Waals surface area contributed by atoms with Crippen LogP contribution >= 0.6 is 22.9 Å². The summed E-state index contributed by atoms with van der Waals surface area (Å²) in [6.45, 7) is 5.81. The molecular weight excluding hydrogens is 538 g/mol. The highest BCUT2D eigenvalue weighted by Crippen LogP contribution is 2.40. The van der Waals surface area contributed by atoms with Crippen molar-refractivity contribution in [3.63, 3.8) is 0 Å². The van der Waals surface area contributed by atoms with Crippen molar-refractivity contribution in [1.82, 2.24) is 5.43 Å². The number of hydrogen-bond acceptors (Lipinski definition) is 7. The molecule has 4 rings (SSSR count). The first-order valence-corrected chi connectivity index (χ1v) is 13.9. The van der Waals surface area contributed by atoms with E-state index in [1.807, 2.05) is 6.07 Å². The van der Waals surface area contributed by atoms with Gasteiger partial charge in [0.1, 0.15) is 10.8 Å². The van der Waals surface area contributed by atoms with E-state index in [1.165, 1.54) is 17.6 Å². The Morgan fingerprint density at radius 3 is 2.64 bits per heavy atom. The Balaban J connectivity index is 1.38. The molecule has 2 aromatic carbocycles. The first-order chi connectivity index (χ1) is 18.8. The Hall–Kier alpha value is -3.69. The molecule has 1 aromatic heterocycles. The van der Waals surface area contributed by atoms with Crippen LogP contribution < -0.4 is 15.5 Å². The van der Waals surface area contributed by atoms with Crippen molar-refractivity contribution >= 4 is 51.9 Å². The zero-order chi connectivity index (χ0) is 27.9. The molecule has 2 N–H and O–H groups in total. The number of fused-ring (bicyclic) bond motifs is 1. The SMILES string of the molecule is CCOC(=O)c1c(NC(=O)c2ccc(O[C@H](C)C(=O)N/N=C\c3ccccc3Cl)cc2)sc2c1CC[C@H](C)C2. The number of hydrogen-bond donors (Lipinski definition) is 2. The molecule has 0 radical (unpaired) electrons. The van der Waals surface area contributed by atoms with Crippen LogP contribution in [0.5, 0.6) is 5.75 Å². The number of amides is 2. The van der Waals surface area contributed by atoms with Gasteiger partial charge in [0, 0.05) is 21.0 Å². The first kappa shape index (κ1) is 28.3. The fourth-order valence-corrected chi connectivity index (χ4v) is 5.79. The number of benzene rings is 2. The maximum atomic E-state index is 13.0. The van der Waals surface area contributed by atoms with Crippen LogP contribution in [0.3, 0.4) is 0 Å². The summed E-state index contributed by atoms with van der Waals surface area (Å²) in [6.07, 6.45) is 3.29. The van der Waals surface area contributed by atoms with E-state index < -0.39 is 18.0 Å². The summed E-state index contributed by atoms with van der Waals surface area (Å²) < 4.78 is 11.0. The Morgan fingerprint density at radius 2 is 1.92 bits per heavy atom. The van der Waals surface area contributed by atoms with E-state index in [0.717, 1.165) is 29.7 Å². The molecular formula is C29H30ClN3O5S. The topological polar surface area (TPSA) is 106 Å². The molecule has 8 nitrogen and oxygen atoms in total. The largest absolute Gasteiger partial charge is 0.481 e. The molecule has 2 atom stereocenters. The van der Waals surface area contributed by atoms with Crippen molar-refractivity contribution in [3.8, 4) is 5.75 Å². The van der Waals surface area contributed by atoms with Gasteiger partial charge in [-0.1, -0.05) is 36.7 Å². The zero-order valence-electron chi connectivity index (χ0n) is 22.0. The number of esters is 1. The average Bonchev–Trinajstić information content (AvgIpc) is 3.26. The highest BCUT2D eigenvalue weighted by atomic mass is 35.5. The minimum Gasteiger partial charge on any atom is -0.481 e. The number of rotatable bonds is 9. The lowest BCUT2D eigenvalue weighted by atomic mass is 9.88. The molecule has 0 fully saturated rings. The molecule has 1 heterocycles. The van der Waals surface area contributed by atoms with Gasteiger partial charge in [0.05, 0.1) is 18.4 Å². The Morgan fingerprint density at radius 1 is 1.18 bits per heavy atom. The van der Waals surface area contributed by atoms with Crippen LogP contribution in [-0.4, -0.2) is 36.7 Å². The number of hydrazone groups is 1. The molecule has 0 spiro atoms. The van der Waals surface area contributed by atoms with Gasteiger partial charge >= 0.3 is 5.97 Å². The van der Waals surface area contributed by atoms with Crippen molar-refractivity contribution < 1.29 is 23.9 Å². The molecule has 1 aliphatic carbocycles. The maximum Gasteiger partial charge on any atom is 0.341 e. The zero-order valence-corrected chi connectivity index (χ0v) is 23.5. The third-order valence-corrected chi connectivity index (χ3v) is 7.81. The molecule has 1 aliphatic rings. The van der Waals surface area contributed by atoms with Crippen LogP contribution in [0.2, 0.25) is 5.02 Å². The van der Waals surface area contributed by atoms with Crippen molar-refractivity contribution in [2.24, 2.45) is 11.0 Å². The second-order valence-electron chi connectivity index (χ2n) is 9.27. The molecule has 0 saturated carbocycles. The minimum absolute atomic E-state index is 0.263. The summed E-state index contributed by atoms with van der Waals surface area (Å²) in [5.41, 5.74) is 4.94. The molecule has 39 heavy (non-hydrogen) atoms. The third-order valence-electron chi connectivity index (χ3n) is 6.30. The van der Waals surface area contributed by atoms with E-state index >= 15 is 0 Å². The average molecular weight is 568 g/mol. The summed E-state index contributed by atoms with van der Waals surface area (Å²) in [6, 6.07) is 13.6. The van der Waals surface area contributed by atoms with E-state index in [2.05, 4.69) is 22.8 Å². The van der Waals surface area contributed by atoms with Gasteiger partial charge in [-0.25, -0.2) is 10.2 Å². The fraction of sp³-hybridized carbons (Fsp3) is 0.310. The van der Waals surface area contributed by atoms with E-state index in [9.17, 15) is 14.4 Å². The highest BCUT2D eigenvalue weighted by molar-refractivity contribution is 7.17. The molecule has 0 aliphatic heterocycles. The second kappa shape index (κ2) is 12.9. The monoisotopic (exact) mass is 567 g/mol. The Kier molecular flexibility index (Phi) is 9.37. The first-order valence-electron chi connectivity index (χ1n) is 12.7. The summed E-state index contributed by atoms with van der Waals surface area (Å²) in [7, 11) is 0. The molecule has 10 heteroatoms. The van der Waals surface area contributed by atoms with Crippen molar-refractivity contribution in [1.29, 1.82) is 0 Å². The lowest BCUT2D eigenvalue weighted by Gasteiger charge is -2.18. The number of anilines is 1. The van der Waals surface area contributed by atoms with E-state index in [4.69, 9.17) is 21.1 Å². The van der Waals surface area contributed by atoms with Gasteiger partial charge in [-0.05, 0) is 74.9 Å². The predicted molar refractivity (Wildman–Crippen MR) is 153 cm³/mol. The summed E-state index contributed by atoms with van der Waals surface area (Å²) in [5, 5.41) is 7.87. The smallest absolute Gasteiger partial charge is 0.341 e. The summed E-state index contributed by atoms with van der Waals surface area (Å²) >= 11 is 7.52. The number of thiophene rings is 1. The highest BCUT2D eigenvalue weighted by Gasteiger charge is 2.29. The van der Waals surface area contributed by atoms with E-state index in [0.29, 0.717) is 38.4 Å². The third kappa shape index (κ3) is 7.04. The second-order valence-corrected chi connectivity index (χ2v) is 10.8. The number of halogens is 1. The van der Waals surface area contributed by atoms with Crippen LogP contribution in [0.4, 0.5) is 5.00 Å². The molecule has 0 saturated heterocycles. The van der Waals surface area contributed by atoms with Gasteiger partial charge in [-0.2, -0.15) is 5.10 Å². The number of ether oxygens (including phenoxy) is 2. The lowest BCUT2D eigenvalue weighted by Crippen LogP contribution is -2.33. The van der Waals surface area contributed by atoms with Crippen LogP contribution in [0.1, 0.15) is 63.9 Å². The van der Waals surface area contributed by atoms with Crippen molar-refractivity contribution in [2.75, 3.05) is 11.9 Å². The number of nitrogens with zero attached hydrogens (tertiary/aromatic N) is 1. The fourth-order valence-electron chi connectivity index (χ4n) is 4.21. The van der Waals surface area contributed by atoms with Gasteiger partial charge in [0.25, 0.3) is 11.8 Å². The van der Waals surface area contributed by atoms with E-state index in [-0.39, 0.29) is 12.5 Å². The van der Waals surface area contributed by atoms with Gasteiger partial charge in [-0.15, -0.1) is 11.3 Å². The molecule has 0 bridgehead atoms. The number of carbonyl (C=O) groups is 3. The van der Waals surface area contributed by atoms with Crippen molar-refractivity contribution in [2.45, 2.75) is 46.1 Å². The van der Waals surface area contributed by atoms with E-state index in [1.54, 1.807) is 56.3 Å². The number of nitrogens with one attached hydrogen (secondary N) is 2. The van der Waals surface area contributed by atoms with Crippen molar-refractivity contribution in [3.05, 3.63) is 80.7 Å². The van der Waals surface area contributed by atoms with Gasteiger partial charge in [-0.3, -0.25) is 9.59 Å². The minimum atomic E-state index is -0.833. The predicted octanol–water partition coefficient (Wildman–Crippen LogP) is 5.87. The molecule has 0 unspecified atom stereocenters. The molecule has 3 aromatic rings. The molecule has 2 amide bonds. The van der Waals surface area contributed by atoms with Gasteiger partial charge in [0.2, 0.25) is 0 Å². The Bertz CT molecular complexity index is 1390. The van der Waals surface area contributed by atoms with Crippen LogP contribution in [0, 0.1) is 5.92 Å². The van der Waals surface area contributed by atoms with Gasteiger partial charge in [0.15, 0.2) is 6.10 Å². The van der Waals surface area contributed by atoms with Crippen LogP contribution in [0.25, 0.3) is 0 Å². The lowest BCUT2D eigenvalue weighted by molar-refractivity contribution is -0.127.